The average molecular weight is 571 g/mol. The van der Waals surface area contributed by atoms with Crippen LogP contribution in [0.25, 0.3) is 0 Å². The van der Waals surface area contributed by atoms with Crippen molar-refractivity contribution in [2.24, 2.45) is 5.73 Å². The molecule has 2 aliphatic heterocycles. The minimum Gasteiger partial charge on any atom is -0.339 e. The van der Waals surface area contributed by atoms with Gasteiger partial charge in [-0.2, -0.15) is 13.8 Å². The number of carbonyl (C=O) groups excluding carboxylic acids is 1. The molecule has 6 rings (SSSR count). The Morgan fingerprint density at radius 3 is 2.39 bits per heavy atom. The molecule has 2 atom stereocenters. The molecule has 3 fully saturated rings. The second-order valence-electron chi connectivity index (χ2n) is 11.4. The van der Waals surface area contributed by atoms with Crippen LogP contribution in [-0.4, -0.2) is 75.2 Å². The highest BCUT2D eigenvalue weighted by Gasteiger charge is 2.40. The number of carbonyl (C=O) groups is 1. The number of hydrogen-bond donors (Lipinski definition) is 1. The number of aromatic nitrogens is 4. The molecule has 1 aromatic carbocycles. The molecular formula is C28H33F3N8O2. The first-order valence-corrected chi connectivity index (χ1v) is 14.0. The number of nitrogens with zero attached hydrogens (tertiary/aromatic N) is 7. The summed E-state index contributed by atoms with van der Waals surface area (Å²) in [6.07, 6.45) is 6.25. The highest BCUT2D eigenvalue weighted by atomic mass is 19.3. The van der Waals surface area contributed by atoms with Gasteiger partial charge >= 0.3 is 11.9 Å². The van der Waals surface area contributed by atoms with Gasteiger partial charge in [0, 0.05) is 69.5 Å². The van der Waals surface area contributed by atoms with Crippen LogP contribution in [0.2, 0.25) is 0 Å². The molecule has 2 N–H and O–H groups in total. The van der Waals surface area contributed by atoms with Crippen molar-refractivity contribution in [3.05, 3.63) is 58.9 Å². The van der Waals surface area contributed by atoms with Crippen molar-refractivity contribution >= 4 is 17.9 Å². The van der Waals surface area contributed by atoms with Crippen molar-refractivity contribution in [2.45, 2.75) is 69.5 Å². The standard InChI is InChI=1S/C28H33F3N8O2/c1-16-3-6-22(29)20(11-16)21-14-38(15-23(21)32)26-33-12-17(13-34-26)24(40)39(18-4-5-18)19-7-9-37(10-8-19)27-35-25(36-41-27)28(2,30)31/h3,6,11-13,18-19,21,23H,4-5,7-10,14-15,32H2,1-2H3/t21-,23+/m1/s1. The minimum absolute atomic E-state index is 0.0116. The lowest BCUT2D eigenvalue weighted by Crippen LogP contribution is -2.48. The van der Waals surface area contributed by atoms with Gasteiger partial charge in [-0.3, -0.25) is 4.79 Å². The predicted octanol–water partition coefficient (Wildman–Crippen LogP) is 3.62. The molecule has 0 spiro atoms. The van der Waals surface area contributed by atoms with Gasteiger partial charge in [0.1, 0.15) is 5.82 Å². The highest BCUT2D eigenvalue weighted by molar-refractivity contribution is 5.94. The molecule has 0 radical (unpaired) electrons. The SMILES string of the molecule is Cc1ccc(F)c([C@H]2CN(c3ncc(C(=O)N(C4CC4)C4CCN(c5nc(C(C)(F)F)no5)CC4)cn3)C[C@@H]2N)c1. The summed E-state index contributed by atoms with van der Waals surface area (Å²) in [5.41, 5.74) is 8.37. The van der Waals surface area contributed by atoms with Gasteiger partial charge in [0.25, 0.3) is 5.91 Å². The summed E-state index contributed by atoms with van der Waals surface area (Å²) >= 11 is 0. The molecule has 3 aromatic rings. The lowest BCUT2D eigenvalue weighted by molar-refractivity contribution is 0.00558. The van der Waals surface area contributed by atoms with Crippen molar-refractivity contribution in [3.63, 3.8) is 0 Å². The van der Waals surface area contributed by atoms with Gasteiger partial charge in [0.15, 0.2) is 0 Å². The second-order valence-corrected chi connectivity index (χ2v) is 11.4. The number of hydrogen-bond acceptors (Lipinski definition) is 9. The van der Waals surface area contributed by atoms with E-state index in [-0.39, 0.29) is 41.8 Å². The third kappa shape index (κ3) is 5.59. The Labute approximate surface area is 235 Å². The molecule has 2 aromatic heterocycles. The van der Waals surface area contributed by atoms with E-state index in [1.807, 2.05) is 22.8 Å². The molecule has 1 aliphatic carbocycles. The fourth-order valence-electron chi connectivity index (χ4n) is 5.85. The first-order valence-electron chi connectivity index (χ1n) is 14.0. The van der Waals surface area contributed by atoms with E-state index in [4.69, 9.17) is 10.3 Å². The molecular weight excluding hydrogens is 537 g/mol. The van der Waals surface area contributed by atoms with Gasteiger partial charge in [0.05, 0.1) is 5.56 Å². The van der Waals surface area contributed by atoms with E-state index in [1.165, 1.54) is 6.07 Å². The van der Waals surface area contributed by atoms with Crippen molar-refractivity contribution in [1.29, 1.82) is 0 Å². The molecule has 0 unspecified atom stereocenters. The molecule has 4 heterocycles. The fourth-order valence-corrected chi connectivity index (χ4v) is 5.85. The highest BCUT2D eigenvalue weighted by Crippen LogP contribution is 2.35. The van der Waals surface area contributed by atoms with Crippen LogP contribution in [0.5, 0.6) is 0 Å². The lowest BCUT2D eigenvalue weighted by Gasteiger charge is -2.38. The third-order valence-electron chi connectivity index (χ3n) is 8.20. The van der Waals surface area contributed by atoms with Gasteiger partial charge < -0.3 is 25.0 Å². The zero-order chi connectivity index (χ0) is 28.9. The van der Waals surface area contributed by atoms with Crippen LogP contribution in [0.4, 0.5) is 25.1 Å². The lowest BCUT2D eigenvalue weighted by atomic mass is 9.93. The van der Waals surface area contributed by atoms with E-state index in [1.54, 1.807) is 23.4 Å². The van der Waals surface area contributed by atoms with Gasteiger partial charge in [-0.25, -0.2) is 14.4 Å². The number of nitrogens with two attached hydrogens (primary N) is 1. The molecule has 218 valence electrons. The van der Waals surface area contributed by atoms with E-state index in [0.717, 1.165) is 25.3 Å². The quantitative estimate of drug-likeness (QED) is 0.455. The second kappa shape index (κ2) is 10.6. The van der Waals surface area contributed by atoms with E-state index in [9.17, 15) is 18.0 Å². The molecule has 13 heteroatoms. The van der Waals surface area contributed by atoms with Crippen LogP contribution in [0.15, 0.2) is 35.1 Å². The largest absolute Gasteiger partial charge is 0.339 e. The maximum Gasteiger partial charge on any atom is 0.324 e. The van der Waals surface area contributed by atoms with Crippen LogP contribution >= 0.6 is 0 Å². The number of anilines is 2. The summed E-state index contributed by atoms with van der Waals surface area (Å²) in [4.78, 5) is 32.1. The third-order valence-corrected chi connectivity index (χ3v) is 8.20. The van der Waals surface area contributed by atoms with Crippen LogP contribution in [0, 0.1) is 12.7 Å². The summed E-state index contributed by atoms with van der Waals surface area (Å²) in [6, 6.07) is 5.00. The van der Waals surface area contributed by atoms with Crippen LogP contribution < -0.4 is 15.5 Å². The topological polar surface area (TPSA) is 118 Å². The smallest absolute Gasteiger partial charge is 0.324 e. The van der Waals surface area contributed by atoms with E-state index in [0.29, 0.717) is 56.1 Å². The van der Waals surface area contributed by atoms with E-state index >= 15 is 0 Å². The summed E-state index contributed by atoms with van der Waals surface area (Å²) in [7, 11) is 0. The van der Waals surface area contributed by atoms with E-state index < -0.39 is 11.7 Å². The summed E-state index contributed by atoms with van der Waals surface area (Å²) in [6.45, 7) is 4.63. The summed E-state index contributed by atoms with van der Waals surface area (Å²) in [5.74, 6) is -3.93. The normalized spacial score (nSPS) is 21.9. The van der Waals surface area contributed by atoms with E-state index in [2.05, 4.69) is 20.1 Å². The maximum absolute atomic E-state index is 14.5. The van der Waals surface area contributed by atoms with Gasteiger partial charge in [0.2, 0.25) is 11.8 Å². The summed E-state index contributed by atoms with van der Waals surface area (Å²) < 4.78 is 46.6. The average Bonchev–Trinajstić information content (AvgIpc) is 3.49. The minimum atomic E-state index is -3.17. The van der Waals surface area contributed by atoms with Gasteiger partial charge in [-0.15, -0.1) is 0 Å². The van der Waals surface area contributed by atoms with Gasteiger partial charge in [-0.1, -0.05) is 22.9 Å². The Morgan fingerprint density at radius 1 is 1.07 bits per heavy atom. The molecule has 2 saturated heterocycles. The van der Waals surface area contributed by atoms with Crippen LogP contribution in [0.3, 0.4) is 0 Å². The molecule has 3 aliphatic rings. The summed E-state index contributed by atoms with van der Waals surface area (Å²) in [5, 5.41) is 3.41. The first kappa shape index (κ1) is 27.4. The first-order chi connectivity index (χ1) is 19.6. The number of halogens is 3. The Bertz CT molecular complexity index is 1400. The molecule has 10 nitrogen and oxygen atoms in total. The Kier molecular flexibility index (Phi) is 7.08. The number of amides is 1. The monoisotopic (exact) mass is 570 g/mol. The number of rotatable bonds is 7. The van der Waals surface area contributed by atoms with Gasteiger partial charge in [-0.05, 0) is 44.2 Å². The Morgan fingerprint density at radius 2 is 1.76 bits per heavy atom. The molecule has 0 bridgehead atoms. The molecule has 1 saturated carbocycles. The number of aryl methyl sites for hydroxylation is 1. The van der Waals surface area contributed by atoms with Crippen LogP contribution in [0.1, 0.15) is 65.8 Å². The van der Waals surface area contributed by atoms with Crippen molar-refractivity contribution in [3.8, 4) is 0 Å². The zero-order valence-electron chi connectivity index (χ0n) is 23.0. The van der Waals surface area contributed by atoms with Crippen molar-refractivity contribution in [1.82, 2.24) is 25.0 Å². The number of alkyl halides is 2. The number of benzene rings is 1. The van der Waals surface area contributed by atoms with Crippen molar-refractivity contribution < 1.29 is 22.5 Å². The fraction of sp³-hybridized carbons (Fsp3) is 0.536. The maximum atomic E-state index is 14.5. The predicted molar refractivity (Wildman–Crippen MR) is 144 cm³/mol. The zero-order valence-corrected chi connectivity index (χ0v) is 23.0. The molecule has 1 amide bonds. The van der Waals surface area contributed by atoms with Crippen molar-refractivity contribution in [2.75, 3.05) is 36.0 Å². The van der Waals surface area contributed by atoms with Crippen LogP contribution in [-0.2, 0) is 5.92 Å². The number of piperidine rings is 1. The Balaban J connectivity index is 1.10. The Hall–Kier alpha value is -3.74. The molecule has 41 heavy (non-hydrogen) atoms.